The van der Waals surface area contributed by atoms with E-state index in [0.29, 0.717) is 16.9 Å². The number of nitrogens with zero attached hydrogens (tertiary/aromatic N) is 2. The Labute approximate surface area is 144 Å². The largest absolute Gasteiger partial charge is 0.397 e. The number of nitriles is 1. The number of amides is 1. The van der Waals surface area contributed by atoms with Crippen LogP contribution in [-0.2, 0) is 0 Å². The van der Waals surface area contributed by atoms with Crippen LogP contribution in [-0.4, -0.2) is 32.6 Å². The number of hydrogen-bond acceptors (Lipinski definition) is 5. The molecular weight excluding hydrogens is 302 g/mol. The van der Waals surface area contributed by atoms with Gasteiger partial charge in [-0.3, -0.25) is 4.79 Å². The first-order valence-corrected chi connectivity index (χ1v) is 8.46. The molecule has 0 radical (unpaired) electrons. The summed E-state index contributed by atoms with van der Waals surface area (Å²) < 4.78 is 0. The van der Waals surface area contributed by atoms with Crippen molar-refractivity contribution in [2.45, 2.75) is 38.6 Å². The maximum absolute atomic E-state index is 12.8. The van der Waals surface area contributed by atoms with Gasteiger partial charge in [-0.1, -0.05) is 6.92 Å². The lowest BCUT2D eigenvalue weighted by atomic mass is 9.87. The fourth-order valence-electron chi connectivity index (χ4n) is 3.18. The van der Waals surface area contributed by atoms with Gasteiger partial charge in [-0.25, -0.2) is 0 Å². The fourth-order valence-corrected chi connectivity index (χ4v) is 3.18. The Balaban J connectivity index is 2.25. The third-order valence-corrected chi connectivity index (χ3v) is 4.75. The Morgan fingerprint density at radius 1 is 1.38 bits per heavy atom. The first kappa shape index (κ1) is 17.9. The molecule has 0 atom stereocenters. The number of carbonyl (C=O) groups excluding carboxylic acids is 1. The van der Waals surface area contributed by atoms with Gasteiger partial charge < -0.3 is 21.3 Å². The molecule has 1 aromatic rings. The molecular formula is C18H27N5O. The number of carbonyl (C=O) groups is 1. The van der Waals surface area contributed by atoms with Crippen LogP contribution >= 0.6 is 0 Å². The van der Waals surface area contributed by atoms with Crippen LogP contribution in [0.3, 0.4) is 0 Å². The summed E-state index contributed by atoms with van der Waals surface area (Å²) in [5, 5.41) is 15.1. The van der Waals surface area contributed by atoms with Crippen molar-refractivity contribution in [1.29, 1.82) is 5.26 Å². The molecule has 1 saturated carbocycles. The quantitative estimate of drug-likeness (QED) is 0.570. The summed E-state index contributed by atoms with van der Waals surface area (Å²) in [6.45, 7) is 2.46. The minimum Gasteiger partial charge on any atom is -0.397 e. The van der Waals surface area contributed by atoms with Crippen molar-refractivity contribution >= 4 is 23.0 Å². The van der Waals surface area contributed by atoms with Gasteiger partial charge in [0.1, 0.15) is 6.54 Å². The summed E-state index contributed by atoms with van der Waals surface area (Å²) in [5.74, 6) is 0.615. The van der Waals surface area contributed by atoms with Crippen LogP contribution in [0.4, 0.5) is 17.1 Å². The second-order valence-corrected chi connectivity index (χ2v) is 6.65. The number of nitrogens with two attached hydrogens (primary N) is 1. The smallest absolute Gasteiger partial charge is 0.253 e. The van der Waals surface area contributed by atoms with Gasteiger partial charge in [-0.2, -0.15) is 5.26 Å². The van der Waals surface area contributed by atoms with Crippen molar-refractivity contribution in [2.24, 2.45) is 5.92 Å². The van der Waals surface area contributed by atoms with E-state index in [1.807, 2.05) is 6.07 Å². The van der Waals surface area contributed by atoms with E-state index in [2.05, 4.69) is 23.6 Å². The van der Waals surface area contributed by atoms with Crippen molar-refractivity contribution in [2.75, 3.05) is 36.6 Å². The van der Waals surface area contributed by atoms with Gasteiger partial charge in [0.2, 0.25) is 0 Å². The van der Waals surface area contributed by atoms with E-state index in [1.165, 1.54) is 0 Å². The molecule has 0 heterocycles. The lowest BCUT2D eigenvalue weighted by Gasteiger charge is -2.28. The van der Waals surface area contributed by atoms with Crippen molar-refractivity contribution < 1.29 is 4.79 Å². The van der Waals surface area contributed by atoms with Gasteiger partial charge in [-0.05, 0) is 43.7 Å². The van der Waals surface area contributed by atoms with Crippen LogP contribution in [0.15, 0.2) is 12.1 Å². The molecule has 0 unspecified atom stereocenters. The Morgan fingerprint density at radius 3 is 2.62 bits per heavy atom. The van der Waals surface area contributed by atoms with Crippen molar-refractivity contribution in [3.05, 3.63) is 17.7 Å². The highest BCUT2D eigenvalue weighted by molar-refractivity contribution is 6.02. The van der Waals surface area contributed by atoms with E-state index in [4.69, 9.17) is 11.0 Å². The lowest BCUT2D eigenvalue weighted by molar-refractivity contribution is 0.0923. The van der Waals surface area contributed by atoms with Crippen molar-refractivity contribution in [1.82, 2.24) is 5.32 Å². The predicted octanol–water partition coefficient (Wildman–Crippen LogP) is 2.58. The fraction of sp³-hybridized carbons (Fsp3) is 0.556. The van der Waals surface area contributed by atoms with Gasteiger partial charge in [0.05, 0.1) is 28.7 Å². The molecule has 6 nitrogen and oxygen atoms in total. The average molecular weight is 329 g/mol. The normalized spacial score (nSPS) is 20.1. The van der Waals surface area contributed by atoms with E-state index in [-0.39, 0.29) is 18.5 Å². The zero-order valence-electron chi connectivity index (χ0n) is 14.7. The Bertz CT molecular complexity index is 629. The van der Waals surface area contributed by atoms with Crippen molar-refractivity contribution in [3.8, 4) is 6.07 Å². The molecule has 1 aromatic carbocycles. The molecule has 0 spiro atoms. The highest BCUT2D eigenvalue weighted by Gasteiger charge is 2.23. The molecule has 6 heteroatoms. The van der Waals surface area contributed by atoms with Crippen LogP contribution in [0, 0.1) is 17.2 Å². The highest BCUT2D eigenvalue weighted by Crippen LogP contribution is 2.30. The molecule has 0 bridgehead atoms. The molecule has 4 N–H and O–H groups in total. The number of nitrogens with one attached hydrogen (secondary N) is 2. The number of anilines is 3. The standard InChI is InChI=1S/C18H27N5O/c1-12-4-6-13(7-5-12)22-18(24)14-10-15(20)16(21-2)11-17(14)23(3)9-8-19/h10-13,21H,4-7,9,20H2,1-3H3,(H,22,24). The second kappa shape index (κ2) is 7.91. The molecule has 2 rings (SSSR count). The Morgan fingerprint density at radius 2 is 2.04 bits per heavy atom. The molecule has 130 valence electrons. The minimum atomic E-state index is -0.122. The third kappa shape index (κ3) is 4.10. The number of nitrogen functional groups attached to an aromatic ring is 1. The summed E-state index contributed by atoms with van der Waals surface area (Å²) in [7, 11) is 3.58. The van der Waals surface area contributed by atoms with Crippen LogP contribution in [0.1, 0.15) is 43.0 Å². The third-order valence-electron chi connectivity index (χ3n) is 4.75. The van der Waals surface area contributed by atoms with Gasteiger partial charge >= 0.3 is 0 Å². The molecule has 1 fully saturated rings. The highest BCUT2D eigenvalue weighted by atomic mass is 16.1. The van der Waals surface area contributed by atoms with Gasteiger partial charge in [0, 0.05) is 20.1 Å². The van der Waals surface area contributed by atoms with E-state index in [0.717, 1.165) is 37.3 Å². The summed E-state index contributed by atoms with van der Waals surface area (Å²) in [6, 6.07) is 5.84. The Kier molecular flexibility index (Phi) is 5.91. The van der Waals surface area contributed by atoms with E-state index < -0.39 is 0 Å². The number of hydrogen-bond donors (Lipinski definition) is 3. The maximum atomic E-state index is 12.8. The topological polar surface area (TPSA) is 94.2 Å². The molecule has 0 aliphatic heterocycles. The zero-order valence-corrected chi connectivity index (χ0v) is 14.7. The summed E-state index contributed by atoms with van der Waals surface area (Å²) >= 11 is 0. The first-order chi connectivity index (χ1) is 11.5. The number of benzene rings is 1. The first-order valence-electron chi connectivity index (χ1n) is 8.46. The lowest BCUT2D eigenvalue weighted by Crippen LogP contribution is -2.38. The Hall–Kier alpha value is -2.42. The average Bonchev–Trinajstić information content (AvgIpc) is 2.56. The molecule has 0 saturated heterocycles. The maximum Gasteiger partial charge on any atom is 0.253 e. The number of rotatable bonds is 5. The SMILES string of the molecule is CNc1cc(N(C)CC#N)c(C(=O)NC2CCC(C)CC2)cc1N. The summed E-state index contributed by atoms with van der Waals surface area (Å²) in [5.41, 5.74) is 8.53. The van der Waals surface area contributed by atoms with Crippen LogP contribution < -0.4 is 21.3 Å². The molecule has 0 aromatic heterocycles. The molecule has 1 aliphatic carbocycles. The summed E-state index contributed by atoms with van der Waals surface area (Å²) in [4.78, 5) is 14.5. The second-order valence-electron chi connectivity index (χ2n) is 6.65. The van der Waals surface area contributed by atoms with Gasteiger partial charge in [0.25, 0.3) is 5.91 Å². The minimum absolute atomic E-state index is 0.122. The van der Waals surface area contributed by atoms with Gasteiger partial charge in [-0.15, -0.1) is 0 Å². The molecule has 24 heavy (non-hydrogen) atoms. The summed E-state index contributed by atoms with van der Waals surface area (Å²) in [6.07, 6.45) is 4.32. The zero-order chi connectivity index (χ0) is 17.7. The van der Waals surface area contributed by atoms with Gasteiger partial charge in [0.15, 0.2) is 0 Å². The molecule has 1 amide bonds. The van der Waals surface area contributed by atoms with Crippen molar-refractivity contribution in [3.63, 3.8) is 0 Å². The predicted molar refractivity (Wildman–Crippen MR) is 98.2 cm³/mol. The van der Waals surface area contributed by atoms with Crippen LogP contribution in [0.5, 0.6) is 0 Å². The van der Waals surface area contributed by atoms with E-state index in [1.54, 1.807) is 25.1 Å². The van der Waals surface area contributed by atoms with Crippen LogP contribution in [0.25, 0.3) is 0 Å². The van der Waals surface area contributed by atoms with E-state index in [9.17, 15) is 4.79 Å². The van der Waals surface area contributed by atoms with E-state index >= 15 is 0 Å². The van der Waals surface area contributed by atoms with Crippen LogP contribution in [0.2, 0.25) is 0 Å². The monoisotopic (exact) mass is 329 g/mol. The molecule has 1 aliphatic rings.